The van der Waals surface area contributed by atoms with E-state index in [1.807, 2.05) is 0 Å². The second-order valence-corrected chi connectivity index (χ2v) is 5.22. The Labute approximate surface area is 103 Å². The van der Waals surface area contributed by atoms with Crippen molar-refractivity contribution in [3.8, 4) is 0 Å². The lowest BCUT2D eigenvalue weighted by Crippen LogP contribution is -1.95. The molecule has 1 aromatic carbocycles. The Kier molecular flexibility index (Phi) is 3.70. The minimum atomic E-state index is 0.530. The summed E-state index contributed by atoms with van der Waals surface area (Å²) in [4.78, 5) is 0. The largest absolute Gasteiger partial charge is 0.122 e. The van der Waals surface area contributed by atoms with Crippen molar-refractivity contribution in [2.75, 3.05) is 5.88 Å². The molecule has 1 aliphatic rings. The van der Waals surface area contributed by atoms with Crippen molar-refractivity contribution < 1.29 is 0 Å². The van der Waals surface area contributed by atoms with Crippen molar-refractivity contribution in [3.05, 3.63) is 41.0 Å². The van der Waals surface area contributed by atoms with Crippen LogP contribution in [0.5, 0.6) is 0 Å². The van der Waals surface area contributed by atoms with Gasteiger partial charge < -0.3 is 0 Å². The summed E-state index contributed by atoms with van der Waals surface area (Å²) in [5, 5.41) is 0. The average Bonchev–Trinajstić information content (AvgIpc) is 3.09. The molecule has 2 rings (SSSR count). The van der Waals surface area contributed by atoms with E-state index >= 15 is 0 Å². The molecule has 0 heterocycles. The van der Waals surface area contributed by atoms with E-state index in [1.54, 1.807) is 0 Å². The van der Waals surface area contributed by atoms with Crippen LogP contribution in [0.3, 0.4) is 0 Å². The highest BCUT2D eigenvalue weighted by Gasteiger charge is 2.23. The van der Waals surface area contributed by atoms with Gasteiger partial charge in [0.25, 0.3) is 0 Å². The smallest absolute Gasteiger partial charge is 0.0439 e. The van der Waals surface area contributed by atoms with Crippen LogP contribution in [0.1, 0.15) is 43.7 Å². The molecule has 0 unspecified atom stereocenters. The van der Waals surface area contributed by atoms with Gasteiger partial charge in [0.15, 0.2) is 0 Å². The van der Waals surface area contributed by atoms with Crippen LogP contribution in [0.25, 0.3) is 6.08 Å². The molecule has 1 fully saturated rings. The highest BCUT2D eigenvalue weighted by atomic mass is 35.5. The predicted molar refractivity (Wildman–Crippen MR) is 72.0 cm³/mol. The summed E-state index contributed by atoms with van der Waals surface area (Å²) in [6, 6.07) is 8.88. The van der Waals surface area contributed by atoms with E-state index < -0.39 is 0 Å². The lowest BCUT2D eigenvalue weighted by molar-refractivity contribution is 0.778. The zero-order valence-corrected chi connectivity index (χ0v) is 10.8. The summed E-state index contributed by atoms with van der Waals surface area (Å²) in [6.45, 7) is 4.39. The standard InChI is InChI=1S/C15H19Cl/c1-11(2)15(10-16)9-12-4-3-5-14(8-12)13-6-7-13/h3-5,8-9,11,13H,6-7,10H2,1-2H3. The molecule has 1 aromatic rings. The number of alkyl halides is 1. The summed E-state index contributed by atoms with van der Waals surface area (Å²) in [5.74, 6) is 1.99. The zero-order chi connectivity index (χ0) is 11.5. The highest BCUT2D eigenvalue weighted by Crippen LogP contribution is 2.40. The maximum atomic E-state index is 5.96. The Morgan fingerprint density at radius 1 is 1.44 bits per heavy atom. The van der Waals surface area contributed by atoms with Crippen molar-refractivity contribution in [3.63, 3.8) is 0 Å². The number of hydrogen-bond donors (Lipinski definition) is 0. The first-order valence-corrected chi connectivity index (χ1v) is 6.60. The Hall–Kier alpha value is -0.750. The highest BCUT2D eigenvalue weighted by molar-refractivity contribution is 6.19. The van der Waals surface area contributed by atoms with Crippen LogP contribution in [0.4, 0.5) is 0 Å². The normalized spacial score (nSPS) is 16.9. The van der Waals surface area contributed by atoms with Crippen LogP contribution in [0.15, 0.2) is 29.8 Å². The number of benzene rings is 1. The van der Waals surface area contributed by atoms with E-state index in [-0.39, 0.29) is 0 Å². The fourth-order valence-electron chi connectivity index (χ4n) is 1.89. The Balaban J connectivity index is 2.22. The molecule has 0 amide bonds. The third-order valence-electron chi connectivity index (χ3n) is 3.21. The molecule has 0 spiro atoms. The molecule has 0 atom stereocenters. The molecule has 0 aromatic heterocycles. The quantitative estimate of drug-likeness (QED) is 0.654. The third kappa shape index (κ3) is 2.89. The Morgan fingerprint density at radius 3 is 2.75 bits per heavy atom. The topological polar surface area (TPSA) is 0 Å². The second kappa shape index (κ2) is 5.05. The molecule has 0 radical (unpaired) electrons. The van der Waals surface area contributed by atoms with E-state index in [2.05, 4.69) is 44.2 Å². The van der Waals surface area contributed by atoms with Gasteiger partial charge in [0.2, 0.25) is 0 Å². The van der Waals surface area contributed by atoms with Gasteiger partial charge in [-0.15, -0.1) is 11.6 Å². The summed E-state index contributed by atoms with van der Waals surface area (Å²) >= 11 is 5.96. The van der Waals surface area contributed by atoms with Gasteiger partial charge in [-0.3, -0.25) is 0 Å². The van der Waals surface area contributed by atoms with E-state index in [0.717, 1.165) is 5.92 Å². The van der Waals surface area contributed by atoms with Crippen molar-refractivity contribution in [2.45, 2.75) is 32.6 Å². The van der Waals surface area contributed by atoms with Gasteiger partial charge in [0.1, 0.15) is 0 Å². The number of hydrogen-bond acceptors (Lipinski definition) is 0. The van der Waals surface area contributed by atoms with Crippen molar-refractivity contribution in [2.24, 2.45) is 5.92 Å². The minimum absolute atomic E-state index is 0.530. The Morgan fingerprint density at radius 2 is 2.19 bits per heavy atom. The molecule has 0 saturated heterocycles. The number of allylic oxidation sites excluding steroid dienone is 1. The molecule has 0 aliphatic heterocycles. The van der Waals surface area contributed by atoms with Crippen LogP contribution in [-0.4, -0.2) is 5.88 Å². The second-order valence-electron chi connectivity index (χ2n) is 4.95. The van der Waals surface area contributed by atoms with E-state index in [9.17, 15) is 0 Å². The number of rotatable bonds is 4. The summed E-state index contributed by atoms with van der Waals surface area (Å²) < 4.78 is 0. The van der Waals surface area contributed by atoms with Crippen LogP contribution in [0, 0.1) is 5.92 Å². The SMILES string of the molecule is CC(C)C(=Cc1cccc(C2CC2)c1)CCl. The zero-order valence-electron chi connectivity index (χ0n) is 10.0. The van der Waals surface area contributed by atoms with Crippen LogP contribution in [-0.2, 0) is 0 Å². The predicted octanol–water partition coefficient (Wildman–Crippen LogP) is 4.84. The molecular formula is C15H19Cl. The number of halogens is 1. The fourth-order valence-corrected chi connectivity index (χ4v) is 2.28. The van der Waals surface area contributed by atoms with E-state index in [4.69, 9.17) is 11.6 Å². The van der Waals surface area contributed by atoms with E-state index in [0.29, 0.717) is 11.8 Å². The lowest BCUT2D eigenvalue weighted by atomic mass is 10.00. The van der Waals surface area contributed by atoms with Gasteiger partial charge in [-0.05, 0) is 35.8 Å². The average molecular weight is 235 g/mol. The molecule has 1 aliphatic carbocycles. The molecule has 0 N–H and O–H groups in total. The maximum Gasteiger partial charge on any atom is 0.0439 e. The first kappa shape index (κ1) is 11.7. The van der Waals surface area contributed by atoms with Gasteiger partial charge in [-0.2, -0.15) is 0 Å². The summed E-state index contributed by atoms with van der Waals surface area (Å²) in [5.41, 5.74) is 4.11. The molecule has 0 nitrogen and oxygen atoms in total. The van der Waals surface area contributed by atoms with Gasteiger partial charge in [0.05, 0.1) is 0 Å². The van der Waals surface area contributed by atoms with Crippen molar-refractivity contribution in [1.29, 1.82) is 0 Å². The van der Waals surface area contributed by atoms with E-state index in [1.165, 1.54) is 29.5 Å². The van der Waals surface area contributed by atoms with Crippen LogP contribution >= 0.6 is 11.6 Å². The van der Waals surface area contributed by atoms with Crippen LogP contribution in [0.2, 0.25) is 0 Å². The van der Waals surface area contributed by atoms with Gasteiger partial charge in [-0.1, -0.05) is 49.8 Å². The molecule has 16 heavy (non-hydrogen) atoms. The molecule has 1 heteroatoms. The minimum Gasteiger partial charge on any atom is -0.122 e. The third-order valence-corrected chi connectivity index (χ3v) is 3.52. The van der Waals surface area contributed by atoms with Crippen LogP contribution < -0.4 is 0 Å². The summed E-state index contributed by atoms with van der Waals surface area (Å²) in [6.07, 6.45) is 4.96. The first-order valence-electron chi connectivity index (χ1n) is 6.07. The monoisotopic (exact) mass is 234 g/mol. The molecule has 0 bridgehead atoms. The van der Waals surface area contributed by atoms with Crippen molar-refractivity contribution in [1.82, 2.24) is 0 Å². The first-order chi connectivity index (χ1) is 7.70. The lowest BCUT2D eigenvalue weighted by Gasteiger charge is -2.08. The van der Waals surface area contributed by atoms with Gasteiger partial charge in [-0.25, -0.2) is 0 Å². The molecular weight excluding hydrogens is 216 g/mol. The molecule has 86 valence electrons. The Bertz CT molecular complexity index is 386. The van der Waals surface area contributed by atoms with Gasteiger partial charge >= 0.3 is 0 Å². The van der Waals surface area contributed by atoms with Gasteiger partial charge in [0, 0.05) is 5.88 Å². The molecule has 1 saturated carbocycles. The fraction of sp³-hybridized carbons (Fsp3) is 0.467. The summed E-state index contributed by atoms with van der Waals surface area (Å²) in [7, 11) is 0. The van der Waals surface area contributed by atoms with Crippen molar-refractivity contribution >= 4 is 17.7 Å². The maximum absolute atomic E-state index is 5.96.